The topological polar surface area (TPSA) is 75.4 Å². The second kappa shape index (κ2) is 8.86. The highest BCUT2D eigenvalue weighted by atomic mass is 16.2. The number of anilines is 3. The maximum atomic E-state index is 12.9. The fourth-order valence-corrected chi connectivity index (χ4v) is 2.96. The molecule has 0 radical (unpaired) electrons. The summed E-state index contributed by atoms with van der Waals surface area (Å²) in [5, 5.41) is 2.86. The van der Waals surface area contributed by atoms with E-state index in [1.165, 1.54) is 0 Å². The summed E-state index contributed by atoms with van der Waals surface area (Å²) in [6, 6.07) is 23.7. The average molecular weight is 373 g/mol. The van der Waals surface area contributed by atoms with Gasteiger partial charge < -0.3 is 16.0 Å². The number of rotatable bonds is 6. The van der Waals surface area contributed by atoms with Crippen molar-refractivity contribution in [2.24, 2.45) is 0 Å². The van der Waals surface area contributed by atoms with Crippen LogP contribution in [0.4, 0.5) is 17.1 Å². The van der Waals surface area contributed by atoms with Crippen LogP contribution in [-0.4, -0.2) is 18.4 Å². The van der Waals surface area contributed by atoms with Crippen LogP contribution in [0.1, 0.15) is 22.8 Å². The first-order valence-corrected chi connectivity index (χ1v) is 9.18. The molecule has 5 heteroatoms. The van der Waals surface area contributed by atoms with Crippen LogP contribution in [-0.2, 0) is 11.2 Å². The summed E-state index contributed by atoms with van der Waals surface area (Å²) in [7, 11) is 0. The number of carbonyl (C=O) groups is 2. The number of carbonyl (C=O) groups excluding carboxylic acids is 2. The molecule has 0 heterocycles. The highest BCUT2D eigenvalue weighted by Gasteiger charge is 2.16. The van der Waals surface area contributed by atoms with Gasteiger partial charge in [-0.2, -0.15) is 0 Å². The second-order valence-electron chi connectivity index (χ2n) is 6.43. The van der Waals surface area contributed by atoms with E-state index < -0.39 is 0 Å². The minimum atomic E-state index is -0.148. The molecular weight excluding hydrogens is 350 g/mol. The summed E-state index contributed by atoms with van der Waals surface area (Å²) < 4.78 is 0. The van der Waals surface area contributed by atoms with Crippen LogP contribution in [0.15, 0.2) is 78.9 Å². The molecular formula is C23H23N3O2. The summed E-state index contributed by atoms with van der Waals surface area (Å²) >= 11 is 0. The Morgan fingerprint density at radius 3 is 2.32 bits per heavy atom. The smallest absolute Gasteiger partial charge is 0.258 e. The van der Waals surface area contributed by atoms with Crippen molar-refractivity contribution in [1.82, 2.24) is 0 Å². The van der Waals surface area contributed by atoms with Crippen molar-refractivity contribution in [2.75, 3.05) is 22.5 Å². The zero-order chi connectivity index (χ0) is 19.9. The van der Waals surface area contributed by atoms with E-state index in [1.807, 2.05) is 49.4 Å². The molecule has 0 aliphatic rings. The predicted molar refractivity (Wildman–Crippen MR) is 113 cm³/mol. The van der Waals surface area contributed by atoms with Gasteiger partial charge in [0.15, 0.2) is 0 Å². The Kier molecular flexibility index (Phi) is 6.07. The summed E-state index contributed by atoms with van der Waals surface area (Å²) in [6.07, 6.45) is 0.240. The number of nitrogens with two attached hydrogens (primary N) is 1. The van der Waals surface area contributed by atoms with Gasteiger partial charge in [-0.05, 0) is 55.0 Å². The van der Waals surface area contributed by atoms with Crippen molar-refractivity contribution < 1.29 is 9.59 Å². The van der Waals surface area contributed by atoms with E-state index in [9.17, 15) is 9.59 Å². The third-order valence-corrected chi connectivity index (χ3v) is 4.37. The molecule has 0 fully saturated rings. The Hall–Kier alpha value is -3.60. The zero-order valence-electron chi connectivity index (χ0n) is 15.8. The molecule has 142 valence electrons. The highest BCUT2D eigenvalue weighted by Crippen LogP contribution is 2.19. The number of hydrogen-bond donors (Lipinski definition) is 2. The number of nitrogens with zero attached hydrogens (tertiary/aromatic N) is 1. The molecule has 0 aromatic heterocycles. The van der Waals surface area contributed by atoms with Gasteiger partial charge in [-0.3, -0.25) is 9.59 Å². The molecule has 28 heavy (non-hydrogen) atoms. The van der Waals surface area contributed by atoms with Crippen molar-refractivity contribution in [1.29, 1.82) is 0 Å². The number of benzene rings is 3. The average Bonchev–Trinajstić information content (AvgIpc) is 2.71. The Labute approximate surface area is 164 Å². The summed E-state index contributed by atoms with van der Waals surface area (Å²) in [5.74, 6) is -0.256. The fraction of sp³-hybridized carbons (Fsp3) is 0.130. The molecule has 3 rings (SSSR count). The molecule has 0 spiro atoms. The number of nitrogen functional groups attached to an aromatic ring is 1. The van der Waals surface area contributed by atoms with Crippen LogP contribution in [0, 0.1) is 0 Å². The number of para-hydroxylation sites is 1. The third kappa shape index (κ3) is 4.76. The molecule has 0 atom stereocenters. The van der Waals surface area contributed by atoms with Crippen LogP contribution < -0.4 is 16.0 Å². The zero-order valence-corrected chi connectivity index (χ0v) is 15.8. The molecule has 0 unspecified atom stereocenters. The van der Waals surface area contributed by atoms with Crippen molar-refractivity contribution in [2.45, 2.75) is 13.3 Å². The third-order valence-electron chi connectivity index (χ3n) is 4.37. The molecule has 2 amide bonds. The lowest BCUT2D eigenvalue weighted by Crippen LogP contribution is -2.30. The first-order valence-electron chi connectivity index (χ1n) is 9.18. The van der Waals surface area contributed by atoms with Crippen LogP contribution in [0.25, 0.3) is 0 Å². The van der Waals surface area contributed by atoms with E-state index in [0.717, 1.165) is 11.3 Å². The Morgan fingerprint density at radius 2 is 1.64 bits per heavy atom. The molecule has 0 aliphatic heterocycles. The maximum absolute atomic E-state index is 12.9. The van der Waals surface area contributed by atoms with Gasteiger partial charge in [-0.25, -0.2) is 0 Å². The van der Waals surface area contributed by atoms with E-state index in [4.69, 9.17) is 5.73 Å². The van der Waals surface area contributed by atoms with E-state index >= 15 is 0 Å². The van der Waals surface area contributed by atoms with E-state index in [0.29, 0.717) is 23.5 Å². The lowest BCUT2D eigenvalue weighted by atomic mass is 10.1. The molecule has 3 aromatic rings. The normalized spacial score (nSPS) is 10.3. The van der Waals surface area contributed by atoms with Gasteiger partial charge >= 0.3 is 0 Å². The van der Waals surface area contributed by atoms with Crippen LogP contribution in [0.3, 0.4) is 0 Å². The van der Waals surface area contributed by atoms with Gasteiger partial charge in [0, 0.05) is 29.2 Å². The quantitative estimate of drug-likeness (QED) is 0.638. The van der Waals surface area contributed by atoms with Gasteiger partial charge in [0.05, 0.1) is 6.42 Å². The fourth-order valence-electron chi connectivity index (χ4n) is 2.96. The molecule has 0 aliphatic carbocycles. The van der Waals surface area contributed by atoms with Gasteiger partial charge in [-0.1, -0.05) is 36.4 Å². The van der Waals surface area contributed by atoms with Gasteiger partial charge in [0.1, 0.15) is 0 Å². The Morgan fingerprint density at radius 1 is 0.929 bits per heavy atom. The molecule has 3 N–H and O–H groups in total. The summed E-state index contributed by atoms with van der Waals surface area (Å²) in [4.78, 5) is 27.0. The Bertz CT molecular complexity index is 953. The molecule has 0 bridgehead atoms. The number of nitrogens with one attached hydrogen (secondary N) is 1. The number of amides is 2. The monoisotopic (exact) mass is 373 g/mol. The van der Waals surface area contributed by atoms with Gasteiger partial charge in [-0.15, -0.1) is 0 Å². The second-order valence-corrected chi connectivity index (χ2v) is 6.43. The van der Waals surface area contributed by atoms with Crippen LogP contribution in [0.2, 0.25) is 0 Å². The Balaban J connectivity index is 1.71. The molecule has 5 nitrogen and oxygen atoms in total. The van der Waals surface area contributed by atoms with Crippen LogP contribution in [0.5, 0.6) is 0 Å². The standard InChI is InChI=1S/C23H23N3O2/c1-2-26(21-9-4-3-5-10-21)23(28)18-7-6-8-20(16-18)25-22(27)15-17-11-13-19(24)14-12-17/h3-14,16H,2,15,24H2,1H3,(H,25,27). The van der Waals surface area contributed by atoms with Crippen LogP contribution >= 0.6 is 0 Å². The highest BCUT2D eigenvalue weighted by molar-refractivity contribution is 6.07. The van der Waals surface area contributed by atoms with Crippen molar-refractivity contribution in [3.05, 3.63) is 90.0 Å². The minimum absolute atomic E-state index is 0.108. The van der Waals surface area contributed by atoms with Crippen molar-refractivity contribution in [3.63, 3.8) is 0 Å². The summed E-state index contributed by atoms with van der Waals surface area (Å²) in [6.45, 7) is 2.49. The van der Waals surface area contributed by atoms with Crippen molar-refractivity contribution in [3.8, 4) is 0 Å². The molecule has 3 aromatic carbocycles. The maximum Gasteiger partial charge on any atom is 0.258 e. The predicted octanol–water partition coefficient (Wildman–Crippen LogP) is 4.12. The number of hydrogen-bond acceptors (Lipinski definition) is 3. The summed E-state index contributed by atoms with van der Waals surface area (Å²) in [5.41, 5.74) is 9.16. The van der Waals surface area contributed by atoms with Gasteiger partial charge in [0.25, 0.3) is 5.91 Å². The van der Waals surface area contributed by atoms with E-state index in [-0.39, 0.29) is 18.2 Å². The minimum Gasteiger partial charge on any atom is -0.399 e. The molecule has 0 saturated heterocycles. The van der Waals surface area contributed by atoms with E-state index in [1.54, 1.807) is 41.3 Å². The SMILES string of the molecule is CCN(C(=O)c1cccc(NC(=O)Cc2ccc(N)cc2)c1)c1ccccc1. The van der Waals surface area contributed by atoms with E-state index in [2.05, 4.69) is 5.32 Å². The first kappa shape index (κ1) is 19.2. The van der Waals surface area contributed by atoms with Gasteiger partial charge in [0.2, 0.25) is 5.91 Å². The molecule has 0 saturated carbocycles. The first-order chi connectivity index (χ1) is 13.6. The lowest BCUT2D eigenvalue weighted by molar-refractivity contribution is -0.115. The largest absolute Gasteiger partial charge is 0.399 e. The van der Waals surface area contributed by atoms with Crippen molar-refractivity contribution >= 4 is 28.9 Å². The lowest BCUT2D eigenvalue weighted by Gasteiger charge is -2.21.